The first-order valence-corrected chi connectivity index (χ1v) is 15.7. The molecule has 0 aliphatic carbocycles. The molecule has 218 valence electrons. The van der Waals surface area contributed by atoms with E-state index >= 15 is 0 Å². The summed E-state index contributed by atoms with van der Waals surface area (Å²) < 4.78 is 10.8. The lowest BCUT2D eigenvalue weighted by Crippen LogP contribution is -3.00. The van der Waals surface area contributed by atoms with E-state index in [1.807, 2.05) is 24.3 Å². The molecule has 1 aliphatic rings. The van der Waals surface area contributed by atoms with Crippen LogP contribution in [0.5, 0.6) is 11.5 Å². The van der Waals surface area contributed by atoms with Crippen molar-refractivity contribution >= 4 is 39.2 Å². The summed E-state index contributed by atoms with van der Waals surface area (Å²) in [6.07, 6.45) is 8.91. The van der Waals surface area contributed by atoms with Gasteiger partial charge in [-0.15, -0.1) is 0 Å². The molecule has 0 fully saturated rings. The Morgan fingerprint density at radius 2 is 1.23 bits per heavy atom. The van der Waals surface area contributed by atoms with Crippen LogP contribution in [0.15, 0.2) is 157 Å². The van der Waals surface area contributed by atoms with Gasteiger partial charge in [-0.3, -0.25) is 0 Å². The fourth-order valence-corrected chi connectivity index (χ4v) is 7.04. The van der Waals surface area contributed by atoms with Crippen LogP contribution in [-0.2, 0) is 0 Å². The largest absolute Gasteiger partial charge is 1.00 e. The summed E-state index contributed by atoms with van der Waals surface area (Å²) in [5.74, 6) is 1.71. The fourth-order valence-electron chi connectivity index (χ4n) is 4.90. The van der Waals surface area contributed by atoms with E-state index in [9.17, 15) is 0 Å². The molecule has 0 saturated heterocycles. The Bertz CT molecular complexity index is 1820. The van der Waals surface area contributed by atoms with Crippen LogP contribution in [0.4, 0.5) is 0 Å². The van der Waals surface area contributed by atoms with Crippen LogP contribution >= 0.6 is 23.1 Å². The third-order valence-electron chi connectivity index (χ3n) is 7.17. The van der Waals surface area contributed by atoms with Crippen molar-refractivity contribution in [2.24, 2.45) is 0 Å². The molecule has 0 unspecified atom stereocenters. The third-order valence-corrected chi connectivity index (χ3v) is 9.50. The molecule has 6 rings (SSSR count). The number of ether oxygens (including phenoxy) is 2. The Labute approximate surface area is 278 Å². The minimum absolute atomic E-state index is 0. The van der Waals surface area contributed by atoms with Crippen LogP contribution in [-0.4, -0.2) is 14.2 Å². The molecule has 5 aromatic rings. The molecule has 0 bridgehead atoms. The van der Waals surface area contributed by atoms with Crippen molar-refractivity contribution in [2.75, 3.05) is 14.2 Å². The summed E-state index contributed by atoms with van der Waals surface area (Å²) in [6.45, 7) is 0. The highest BCUT2D eigenvalue weighted by molar-refractivity contribution is 8.12. The van der Waals surface area contributed by atoms with Crippen LogP contribution in [0.25, 0.3) is 26.5 Å². The SMILES string of the molecule is COc1ccc(C2=CC=C/C(=C(\C=C(/c3ccccc3)c3cccc(-c4ccc(OC)cc4)[s+]3)c3ccccc3)S2)cc1.[Br-]. The van der Waals surface area contributed by atoms with E-state index in [4.69, 9.17) is 9.47 Å². The lowest BCUT2D eigenvalue weighted by molar-refractivity contribution is -0.00000864. The number of hydrogen-bond acceptors (Lipinski definition) is 3. The first-order valence-electron chi connectivity index (χ1n) is 14.1. The molecule has 2 heterocycles. The van der Waals surface area contributed by atoms with Crippen molar-refractivity contribution in [3.8, 4) is 21.9 Å². The number of thioether (sulfide) groups is 1. The summed E-state index contributed by atoms with van der Waals surface area (Å²) in [4.78, 5) is 4.80. The second kappa shape index (κ2) is 15.0. The van der Waals surface area contributed by atoms with Gasteiger partial charge in [-0.2, -0.15) is 0 Å². The summed E-state index contributed by atoms with van der Waals surface area (Å²) in [5.41, 5.74) is 7.05. The first kappa shape index (κ1) is 31.3. The molecule has 0 spiro atoms. The molecule has 1 aliphatic heterocycles. The van der Waals surface area contributed by atoms with Gasteiger partial charge in [0.25, 0.3) is 0 Å². The Balaban J connectivity index is 0.00000384. The topological polar surface area (TPSA) is 18.5 Å². The highest BCUT2D eigenvalue weighted by Gasteiger charge is 2.21. The van der Waals surface area contributed by atoms with Gasteiger partial charge in [0.1, 0.15) is 11.5 Å². The smallest absolute Gasteiger partial charge is 0.239 e. The zero-order valence-electron chi connectivity index (χ0n) is 24.4. The highest BCUT2D eigenvalue weighted by Crippen LogP contribution is 2.43. The van der Waals surface area contributed by atoms with Crippen LogP contribution < -0.4 is 26.5 Å². The number of methoxy groups -OCH3 is 2. The molecule has 5 heteroatoms. The quantitative estimate of drug-likeness (QED) is 0.156. The average Bonchev–Trinajstić information content (AvgIpc) is 3.10. The summed E-state index contributed by atoms with van der Waals surface area (Å²) in [6, 6.07) is 44.4. The predicted octanol–water partition coefficient (Wildman–Crippen LogP) is 7.90. The number of hydrogen-bond donors (Lipinski definition) is 0. The van der Waals surface area contributed by atoms with E-state index in [-0.39, 0.29) is 17.0 Å². The maximum absolute atomic E-state index is 5.39. The minimum Gasteiger partial charge on any atom is -1.00 e. The Morgan fingerprint density at radius 3 is 1.84 bits per heavy atom. The molecular weight excluding hydrogens is 644 g/mol. The van der Waals surface area contributed by atoms with Gasteiger partial charge in [-0.25, -0.2) is 0 Å². The van der Waals surface area contributed by atoms with Crippen molar-refractivity contribution in [1.29, 1.82) is 0 Å². The van der Waals surface area contributed by atoms with Crippen molar-refractivity contribution in [1.82, 2.24) is 0 Å². The Kier molecular flexibility index (Phi) is 10.7. The minimum atomic E-state index is 0. The Hall–Kier alpha value is -4.16. The van der Waals surface area contributed by atoms with Crippen molar-refractivity contribution in [3.05, 3.63) is 178 Å². The van der Waals surface area contributed by atoms with Crippen molar-refractivity contribution in [2.45, 2.75) is 0 Å². The molecule has 44 heavy (non-hydrogen) atoms. The molecule has 1 aromatic heterocycles. The zero-order valence-corrected chi connectivity index (χ0v) is 27.7. The van der Waals surface area contributed by atoms with Gasteiger partial charge in [-0.05, 0) is 76.9 Å². The summed E-state index contributed by atoms with van der Waals surface area (Å²) in [5, 5.41) is 0. The van der Waals surface area contributed by atoms with E-state index < -0.39 is 0 Å². The summed E-state index contributed by atoms with van der Waals surface area (Å²) in [7, 11) is 3.40. The van der Waals surface area contributed by atoms with Gasteiger partial charge < -0.3 is 26.5 Å². The normalized spacial score (nSPS) is 13.9. The summed E-state index contributed by atoms with van der Waals surface area (Å²) >= 11 is 3.59. The lowest BCUT2D eigenvalue weighted by Gasteiger charge is -2.16. The standard InChI is InChI=1S/C39H31O2S2.BrH/c1-40-32-23-19-30(20-24-32)36-15-9-17-38(42-36)34(28-11-5-3-6-12-28)27-35(29-13-7-4-8-14-29)39-18-10-16-37(43-39)31-21-25-33(41-2)26-22-31;/h3-27H,1-2H3;1H/q+1;/p-1. The maximum atomic E-state index is 5.39. The van der Waals surface area contributed by atoms with Gasteiger partial charge >= 0.3 is 0 Å². The third kappa shape index (κ3) is 7.31. The van der Waals surface area contributed by atoms with E-state index in [2.05, 4.69) is 127 Å². The van der Waals surface area contributed by atoms with Crippen LogP contribution in [0, 0.1) is 0 Å². The van der Waals surface area contributed by atoms with Crippen LogP contribution in [0.2, 0.25) is 0 Å². The molecule has 0 N–H and O–H groups in total. The Morgan fingerprint density at radius 1 is 0.636 bits per heavy atom. The van der Waals surface area contributed by atoms with E-state index in [1.165, 1.54) is 53.0 Å². The molecule has 0 amide bonds. The number of halogens is 1. The van der Waals surface area contributed by atoms with Gasteiger partial charge in [0.2, 0.25) is 21.1 Å². The van der Waals surface area contributed by atoms with Crippen LogP contribution in [0.1, 0.15) is 21.6 Å². The van der Waals surface area contributed by atoms with Gasteiger partial charge in [0.05, 0.1) is 14.2 Å². The van der Waals surface area contributed by atoms with Gasteiger partial charge in [0, 0.05) is 33.1 Å². The maximum Gasteiger partial charge on any atom is 0.239 e. The van der Waals surface area contributed by atoms with E-state index in [0.717, 1.165) is 11.5 Å². The predicted molar refractivity (Wildman–Crippen MR) is 185 cm³/mol. The molecule has 0 radical (unpaired) electrons. The molecule has 0 saturated carbocycles. The molecular formula is C39H31BrO2S2. The second-order valence-corrected chi connectivity index (χ2v) is 12.0. The first-order chi connectivity index (χ1) is 21.2. The van der Waals surface area contributed by atoms with E-state index in [1.54, 1.807) is 37.3 Å². The highest BCUT2D eigenvalue weighted by atomic mass is 79.9. The van der Waals surface area contributed by atoms with Crippen LogP contribution in [0.3, 0.4) is 0 Å². The second-order valence-electron chi connectivity index (χ2n) is 9.87. The van der Waals surface area contributed by atoms with Gasteiger partial charge in [-0.1, -0.05) is 96.7 Å². The molecule has 2 nitrogen and oxygen atoms in total. The van der Waals surface area contributed by atoms with E-state index in [0.29, 0.717) is 0 Å². The monoisotopic (exact) mass is 674 g/mol. The van der Waals surface area contributed by atoms with Gasteiger partial charge in [0.15, 0.2) is 0 Å². The molecule has 4 aromatic carbocycles. The lowest BCUT2D eigenvalue weighted by atomic mass is 9.97. The van der Waals surface area contributed by atoms with Crippen molar-refractivity contribution in [3.63, 3.8) is 0 Å². The number of benzene rings is 4. The average molecular weight is 676 g/mol. The number of rotatable bonds is 8. The molecule has 0 atom stereocenters. The number of allylic oxidation sites excluding steroid dienone is 5. The zero-order chi connectivity index (χ0) is 29.4. The van der Waals surface area contributed by atoms with Crippen molar-refractivity contribution < 1.29 is 26.5 Å². The fraction of sp³-hybridized carbons (Fsp3) is 0.0513.